The zero-order valence-corrected chi connectivity index (χ0v) is 17.0. The van der Waals surface area contributed by atoms with Gasteiger partial charge in [0.1, 0.15) is 0 Å². The van der Waals surface area contributed by atoms with Crippen LogP contribution in [0.1, 0.15) is 23.6 Å². The molecule has 2 atom stereocenters. The lowest BCUT2D eigenvalue weighted by Crippen LogP contribution is -2.49. The lowest BCUT2D eigenvalue weighted by atomic mass is 9.83. The normalized spacial score (nSPS) is 20.0. The number of benzene rings is 1. The number of nitrogens with zero attached hydrogens (tertiary/aromatic N) is 2. The van der Waals surface area contributed by atoms with E-state index in [-0.39, 0.29) is 23.8 Å². The van der Waals surface area contributed by atoms with Gasteiger partial charge < -0.3 is 23.7 Å². The summed E-state index contributed by atoms with van der Waals surface area (Å²) in [7, 11) is 4.68. The van der Waals surface area contributed by atoms with Gasteiger partial charge in [-0.1, -0.05) is 6.07 Å². The van der Waals surface area contributed by atoms with Crippen molar-refractivity contribution in [3.05, 3.63) is 51.9 Å². The van der Waals surface area contributed by atoms with Crippen LogP contribution >= 0.6 is 0 Å². The second kappa shape index (κ2) is 7.81. The first-order chi connectivity index (χ1) is 14.0. The summed E-state index contributed by atoms with van der Waals surface area (Å²) >= 11 is 0. The molecule has 2 aliphatic rings. The molecule has 0 aliphatic carbocycles. The van der Waals surface area contributed by atoms with Crippen LogP contribution in [0.4, 0.5) is 0 Å². The van der Waals surface area contributed by atoms with Crippen LogP contribution in [0, 0.1) is 5.92 Å². The van der Waals surface area contributed by atoms with Crippen molar-refractivity contribution in [3.8, 4) is 17.2 Å². The summed E-state index contributed by atoms with van der Waals surface area (Å²) < 4.78 is 18.0. The number of methoxy groups -OCH3 is 3. The Balaban J connectivity index is 1.54. The molecule has 0 N–H and O–H groups in total. The van der Waals surface area contributed by atoms with E-state index in [1.54, 1.807) is 27.4 Å². The van der Waals surface area contributed by atoms with Gasteiger partial charge >= 0.3 is 0 Å². The predicted molar refractivity (Wildman–Crippen MR) is 108 cm³/mol. The number of fused-ring (bicyclic) bond motifs is 4. The molecule has 0 saturated carbocycles. The van der Waals surface area contributed by atoms with Crippen LogP contribution in [0.2, 0.25) is 0 Å². The number of ether oxygens (including phenoxy) is 3. The molecule has 7 heteroatoms. The Morgan fingerprint density at radius 3 is 2.41 bits per heavy atom. The Labute approximate surface area is 169 Å². The van der Waals surface area contributed by atoms with Crippen molar-refractivity contribution in [2.45, 2.75) is 25.3 Å². The minimum atomic E-state index is 0.0504. The molecule has 2 aromatic rings. The lowest BCUT2D eigenvalue weighted by Gasteiger charge is -2.42. The van der Waals surface area contributed by atoms with Crippen molar-refractivity contribution >= 4 is 5.91 Å². The number of hydrogen-bond acceptors (Lipinski definition) is 5. The van der Waals surface area contributed by atoms with Crippen molar-refractivity contribution in [2.75, 3.05) is 34.4 Å². The number of amides is 1. The van der Waals surface area contributed by atoms with Gasteiger partial charge in [-0.05, 0) is 36.1 Å². The summed E-state index contributed by atoms with van der Waals surface area (Å²) in [6.45, 7) is 2.00. The summed E-state index contributed by atoms with van der Waals surface area (Å²) in [5.41, 5.74) is 1.91. The third-order valence-corrected chi connectivity index (χ3v) is 5.91. The molecule has 29 heavy (non-hydrogen) atoms. The van der Waals surface area contributed by atoms with E-state index in [1.165, 1.54) is 0 Å². The van der Waals surface area contributed by atoms with E-state index in [1.807, 2.05) is 33.7 Å². The monoisotopic (exact) mass is 398 g/mol. The standard InChI is InChI=1S/C22H26N2O5/c1-27-18-8-14(9-19(28-2)22(18)29-3)10-21(26)23-11-15-7-16(13-23)17-5-4-6-20(25)24(17)12-15/h4-6,8-9,15-16H,7,10-13H2,1-3H3/t15-,16-/m1/s1. The molecule has 4 rings (SSSR count). The highest BCUT2D eigenvalue weighted by atomic mass is 16.5. The molecule has 2 bridgehead atoms. The Morgan fingerprint density at radius 1 is 1.03 bits per heavy atom. The summed E-state index contributed by atoms with van der Waals surface area (Å²) in [5.74, 6) is 2.18. The largest absolute Gasteiger partial charge is 0.493 e. The van der Waals surface area contributed by atoms with Gasteiger partial charge in [0.25, 0.3) is 5.56 Å². The second-order valence-electron chi connectivity index (χ2n) is 7.71. The van der Waals surface area contributed by atoms with E-state index in [9.17, 15) is 9.59 Å². The fourth-order valence-electron chi connectivity index (χ4n) is 4.62. The molecule has 154 valence electrons. The number of aromatic nitrogens is 1. The third kappa shape index (κ3) is 3.57. The minimum absolute atomic E-state index is 0.0504. The molecule has 2 aliphatic heterocycles. The quantitative estimate of drug-likeness (QED) is 0.771. The molecular weight excluding hydrogens is 372 g/mol. The van der Waals surface area contributed by atoms with Crippen LogP contribution in [-0.2, 0) is 17.8 Å². The molecule has 1 aromatic carbocycles. The van der Waals surface area contributed by atoms with Gasteiger partial charge in [0.15, 0.2) is 11.5 Å². The van der Waals surface area contributed by atoms with Gasteiger partial charge in [-0.15, -0.1) is 0 Å². The van der Waals surface area contributed by atoms with Crippen LogP contribution in [0.5, 0.6) is 17.2 Å². The number of likely N-dealkylation sites (tertiary alicyclic amines) is 1. The SMILES string of the molecule is COc1cc(CC(=O)N2C[C@H]3C[C@H](C2)c2cccc(=O)n2C3)cc(OC)c1OC. The number of rotatable bonds is 5. The molecule has 0 spiro atoms. The fourth-order valence-corrected chi connectivity index (χ4v) is 4.62. The maximum Gasteiger partial charge on any atom is 0.250 e. The number of carbonyl (C=O) groups excluding carboxylic acids is 1. The molecule has 0 unspecified atom stereocenters. The number of hydrogen-bond donors (Lipinski definition) is 0. The molecule has 1 aromatic heterocycles. The molecular formula is C22H26N2O5. The Hall–Kier alpha value is -2.96. The molecule has 3 heterocycles. The lowest BCUT2D eigenvalue weighted by molar-refractivity contribution is -0.133. The first kappa shape index (κ1) is 19.4. The van der Waals surface area contributed by atoms with Crippen molar-refractivity contribution in [1.29, 1.82) is 0 Å². The van der Waals surface area contributed by atoms with E-state index in [0.29, 0.717) is 42.8 Å². The van der Waals surface area contributed by atoms with Crippen LogP contribution in [0.3, 0.4) is 0 Å². The maximum absolute atomic E-state index is 13.1. The smallest absolute Gasteiger partial charge is 0.250 e. The highest BCUT2D eigenvalue weighted by Gasteiger charge is 2.36. The van der Waals surface area contributed by atoms with Gasteiger partial charge in [0.05, 0.1) is 27.8 Å². The molecule has 7 nitrogen and oxygen atoms in total. The van der Waals surface area contributed by atoms with Gasteiger partial charge in [0.2, 0.25) is 11.7 Å². The van der Waals surface area contributed by atoms with Gasteiger partial charge in [-0.2, -0.15) is 0 Å². The minimum Gasteiger partial charge on any atom is -0.493 e. The zero-order valence-electron chi connectivity index (χ0n) is 17.0. The highest BCUT2D eigenvalue weighted by Crippen LogP contribution is 2.39. The predicted octanol–water partition coefficient (Wildman–Crippen LogP) is 2.06. The summed E-state index contributed by atoms with van der Waals surface area (Å²) in [5, 5.41) is 0. The molecule has 1 amide bonds. The number of carbonyl (C=O) groups is 1. The maximum atomic E-state index is 13.1. The molecule has 1 saturated heterocycles. The topological polar surface area (TPSA) is 70.0 Å². The summed E-state index contributed by atoms with van der Waals surface area (Å²) in [6, 6.07) is 9.07. The van der Waals surface area contributed by atoms with Crippen LogP contribution in [0.25, 0.3) is 0 Å². The van der Waals surface area contributed by atoms with Crippen molar-refractivity contribution in [1.82, 2.24) is 9.47 Å². The van der Waals surface area contributed by atoms with Crippen LogP contribution < -0.4 is 19.8 Å². The number of piperidine rings is 1. The van der Waals surface area contributed by atoms with Gasteiger partial charge in [0, 0.05) is 37.3 Å². The summed E-state index contributed by atoms with van der Waals surface area (Å²) in [6.07, 6.45) is 1.29. The molecule has 0 radical (unpaired) electrons. The average Bonchev–Trinajstić information content (AvgIpc) is 2.73. The van der Waals surface area contributed by atoms with E-state index in [0.717, 1.165) is 17.7 Å². The second-order valence-corrected chi connectivity index (χ2v) is 7.71. The van der Waals surface area contributed by atoms with Crippen molar-refractivity contribution in [3.63, 3.8) is 0 Å². The average molecular weight is 398 g/mol. The van der Waals surface area contributed by atoms with Crippen molar-refractivity contribution in [2.24, 2.45) is 5.92 Å². The van der Waals surface area contributed by atoms with Crippen LogP contribution in [0.15, 0.2) is 35.1 Å². The van der Waals surface area contributed by atoms with E-state index >= 15 is 0 Å². The van der Waals surface area contributed by atoms with E-state index < -0.39 is 0 Å². The molecule has 1 fully saturated rings. The highest BCUT2D eigenvalue weighted by molar-refractivity contribution is 5.79. The third-order valence-electron chi connectivity index (χ3n) is 5.91. The Bertz CT molecular complexity index is 958. The van der Waals surface area contributed by atoms with Crippen LogP contribution in [-0.4, -0.2) is 49.8 Å². The zero-order chi connectivity index (χ0) is 20.5. The van der Waals surface area contributed by atoms with Gasteiger partial charge in [-0.25, -0.2) is 0 Å². The number of pyridine rings is 1. The fraction of sp³-hybridized carbons (Fsp3) is 0.455. The van der Waals surface area contributed by atoms with E-state index in [2.05, 4.69) is 0 Å². The first-order valence-corrected chi connectivity index (χ1v) is 9.80. The van der Waals surface area contributed by atoms with Crippen molar-refractivity contribution < 1.29 is 19.0 Å². The van der Waals surface area contributed by atoms with E-state index in [4.69, 9.17) is 14.2 Å². The Morgan fingerprint density at radius 2 is 1.76 bits per heavy atom. The Kier molecular flexibility index (Phi) is 5.22. The van der Waals surface area contributed by atoms with Gasteiger partial charge in [-0.3, -0.25) is 9.59 Å². The summed E-state index contributed by atoms with van der Waals surface area (Å²) in [4.78, 5) is 27.2. The first-order valence-electron chi connectivity index (χ1n) is 9.80.